The molecule has 0 unspecified atom stereocenters. The summed E-state index contributed by atoms with van der Waals surface area (Å²) >= 11 is 0. The molecule has 1 aromatic heterocycles. The second kappa shape index (κ2) is 10.2. The van der Waals surface area contributed by atoms with Crippen molar-refractivity contribution < 1.29 is 10.0 Å². The third-order valence-electron chi connectivity index (χ3n) is 1.23. The van der Waals surface area contributed by atoms with Crippen LogP contribution < -0.4 is 5.46 Å². The molecule has 0 bridgehead atoms. The molecule has 0 radical (unpaired) electrons. The first kappa shape index (κ1) is 15.6. The number of hydrogen-bond acceptors (Lipinski definition) is 3. The molecule has 0 aliphatic heterocycles. The molecule has 1 heterocycles. The third kappa shape index (κ3) is 6.63. The minimum absolute atomic E-state index is 0.422. The zero-order valence-corrected chi connectivity index (χ0v) is 9.65. The zero-order chi connectivity index (χ0) is 11.6. The van der Waals surface area contributed by atoms with E-state index in [1.165, 1.54) is 6.20 Å². The summed E-state index contributed by atoms with van der Waals surface area (Å²) in [6.45, 7) is 9.84. The lowest BCUT2D eigenvalue weighted by Crippen LogP contribution is -2.29. The summed E-state index contributed by atoms with van der Waals surface area (Å²) in [6.07, 6.45) is 1.44. The minimum Gasteiger partial charge on any atom is -0.423 e. The van der Waals surface area contributed by atoms with Crippen molar-refractivity contribution in [2.24, 2.45) is 0 Å². The van der Waals surface area contributed by atoms with E-state index < -0.39 is 7.12 Å². The Kier molecular flexibility index (Phi) is 11.4. The second-order valence-corrected chi connectivity index (χ2v) is 2.11. The molecule has 0 atom stereocenters. The molecule has 3 nitrogen and oxygen atoms in total. The van der Waals surface area contributed by atoms with Crippen molar-refractivity contribution in [2.45, 2.75) is 34.6 Å². The lowest BCUT2D eigenvalue weighted by Gasteiger charge is -1.96. The fourth-order valence-electron chi connectivity index (χ4n) is 0.632. The van der Waals surface area contributed by atoms with E-state index >= 15 is 0 Å². The van der Waals surface area contributed by atoms with Gasteiger partial charge in [0.15, 0.2) is 0 Å². The van der Waals surface area contributed by atoms with Crippen molar-refractivity contribution in [2.75, 3.05) is 0 Å². The molecule has 0 saturated carbocycles. The van der Waals surface area contributed by atoms with Crippen molar-refractivity contribution in [3.8, 4) is 0 Å². The highest BCUT2D eigenvalue weighted by atomic mass is 16.4. The molecular formula is C10H20BNO2. The van der Waals surface area contributed by atoms with Crippen LogP contribution in [0.25, 0.3) is 0 Å². The Morgan fingerprint density at radius 3 is 1.86 bits per heavy atom. The number of hydrogen-bond donors (Lipinski definition) is 2. The van der Waals surface area contributed by atoms with Gasteiger partial charge in [0, 0.05) is 17.4 Å². The van der Waals surface area contributed by atoms with E-state index in [0.717, 1.165) is 5.69 Å². The smallest absolute Gasteiger partial charge is 0.423 e. The van der Waals surface area contributed by atoms with Crippen molar-refractivity contribution in [3.05, 3.63) is 24.0 Å². The summed E-state index contributed by atoms with van der Waals surface area (Å²) in [4.78, 5) is 3.88. The first-order valence-electron chi connectivity index (χ1n) is 4.99. The zero-order valence-electron chi connectivity index (χ0n) is 9.65. The predicted octanol–water partition coefficient (Wildman–Crippen LogP) is 1.12. The molecule has 0 aliphatic carbocycles. The van der Waals surface area contributed by atoms with Crippen LogP contribution in [-0.2, 0) is 0 Å². The van der Waals surface area contributed by atoms with Gasteiger partial charge in [0.1, 0.15) is 0 Å². The molecule has 0 fully saturated rings. The summed E-state index contributed by atoms with van der Waals surface area (Å²) in [5.74, 6) is 0. The maximum Gasteiger partial charge on any atom is 0.490 e. The quantitative estimate of drug-likeness (QED) is 0.663. The normalized spacial score (nSPS) is 7.64. The first-order valence-corrected chi connectivity index (χ1v) is 4.99. The van der Waals surface area contributed by atoms with Gasteiger partial charge in [0.05, 0.1) is 0 Å². The summed E-state index contributed by atoms with van der Waals surface area (Å²) in [5, 5.41) is 17.3. The van der Waals surface area contributed by atoms with Gasteiger partial charge in [-0.2, -0.15) is 0 Å². The van der Waals surface area contributed by atoms with Gasteiger partial charge in [-0.15, -0.1) is 0 Å². The standard InChI is InChI=1S/C6H8BNO2.2C2H6/c1-5-2-3-6(4-8-5)7(9)10;2*1-2/h2-4,9-10H,1H3;2*1-2H3. The van der Waals surface area contributed by atoms with Gasteiger partial charge in [-0.05, 0) is 13.0 Å². The van der Waals surface area contributed by atoms with E-state index in [1.807, 2.05) is 34.6 Å². The van der Waals surface area contributed by atoms with Crippen LogP contribution in [0.15, 0.2) is 18.3 Å². The number of nitrogens with zero attached hydrogens (tertiary/aromatic N) is 1. The van der Waals surface area contributed by atoms with Crippen molar-refractivity contribution in [1.29, 1.82) is 0 Å². The van der Waals surface area contributed by atoms with Crippen molar-refractivity contribution in [3.63, 3.8) is 0 Å². The van der Waals surface area contributed by atoms with E-state index in [0.29, 0.717) is 5.46 Å². The fourth-order valence-corrected chi connectivity index (χ4v) is 0.632. The fraction of sp³-hybridized carbons (Fsp3) is 0.500. The maximum absolute atomic E-state index is 8.63. The van der Waals surface area contributed by atoms with Crippen LogP contribution in [0.5, 0.6) is 0 Å². The molecule has 0 saturated heterocycles. The van der Waals surface area contributed by atoms with Crippen LogP contribution in [0.4, 0.5) is 0 Å². The molecule has 0 aromatic carbocycles. The van der Waals surface area contributed by atoms with Crippen LogP contribution in [0, 0.1) is 6.92 Å². The van der Waals surface area contributed by atoms with Gasteiger partial charge in [-0.25, -0.2) is 0 Å². The number of aryl methyl sites for hydroxylation is 1. The van der Waals surface area contributed by atoms with Crippen molar-refractivity contribution >= 4 is 12.6 Å². The van der Waals surface area contributed by atoms with Crippen LogP contribution in [-0.4, -0.2) is 22.2 Å². The van der Waals surface area contributed by atoms with E-state index in [1.54, 1.807) is 12.1 Å². The van der Waals surface area contributed by atoms with Crippen molar-refractivity contribution in [1.82, 2.24) is 4.98 Å². The van der Waals surface area contributed by atoms with Gasteiger partial charge in [0.2, 0.25) is 0 Å². The third-order valence-corrected chi connectivity index (χ3v) is 1.23. The largest absolute Gasteiger partial charge is 0.490 e. The summed E-state index contributed by atoms with van der Waals surface area (Å²) in [7, 11) is -1.41. The Hall–Kier alpha value is -0.865. The highest BCUT2D eigenvalue weighted by Gasteiger charge is 2.09. The lowest BCUT2D eigenvalue weighted by atomic mass is 9.82. The Bertz CT molecular complexity index is 212. The number of pyridine rings is 1. The molecule has 4 heteroatoms. The molecule has 0 amide bonds. The predicted molar refractivity (Wildman–Crippen MR) is 61.5 cm³/mol. The summed E-state index contributed by atoms with van der Waals surface area (Å²) in [5.41, 5.74) is 1.29. The van der Waals surface area contributed by atoms with Crippen LogP contribution in [0.3, 0.4) is 0 Å². The molecule has 2 N–H and O–H groups in total. The van der Waals surface area contributed by atoms with Crippen LogP contribution >= 0.6 is 0 Å². The molecule has 0 spiro atoms. The van der Waals surface area contributed by atoms with E-state index in [-0.39, 0.29) is 0 Å². The molecule has 80 valence electrons. The van der Waals surface area contributed by atoms with Gasteiger partial charge < -0.3 is 10.0 Å². The van der Waals surface area contributed by atoms with E-state index in [2.05, 4.69) is 4.98 Å². The lowest BCUT2D eigenvalue weighted by molar-refractivity contribution is 0.425. The van der Waals surface area contributed by atoms with E-state index in [4.69, 9.17) is 10.0 Å². The monoisotopic (exact) mass is 197 g/mol. The highest BCUT2D eigenvalue weighted by molar-refractivity contribution is 6.58. The molecule has 14 heavy (non-hydrogen) atoms. The topological polar surface area (TPSA) is 53.4 Å². The van der Waals surface area contributed by atoms with Gasteiger partial charge in [-0.1, -0.05) is 33.8 Å². The molecule has 1 rings (SSSR count). The summed E-state index contributed by atoms with van der Waals surface area (Å²) in [6, 6.07) is 3.36. The minimum atomic E-state index is -1.41. The van der Waals surface area contributed by atoms with E-state index in [9.17, 15) is 0 Å². The van der Waals surface area contributed by atoms with Gasteiger partial charge in [0.25, 0.3) is 0 Å². The average molecular weight is 197 g/mol. The second-order valence-electron chi connectivity index (χ2n) is 2.11. The summed E-state index contributed by atoms with van der Waals surface area (Å²) < 4.78 is 0. The molecule has 0 aliphatic rings. The Morgan fingerprint density at radius 1 is 1.07 bits per heavy atom. The molecular weight excluding hydrogens is 177 g/mol. The Morgan fingerprint density at radius 2 is 1.57 bits per heavy atom. The first-order chi connectivity index (χ1) is 6.70. The van der Waals surface area contributed by atoms with Crippen LogP contribution in [0.1, 0.15) is 33.4 Å². The van der Waals surface area contributed by atoms with Gasteiger partial charge in [-0.3, -0.25) is 4.98 Å². The SMILES string of the molecule is CC.CC.Cc1ccc(B(O)O)cn1. The van der Waals surface area contributed by atoms with Crippen LogP contribution in [0.2, 0.25) is 0 Å². The average Bonchev–Trinajstić information content (AvgIpc) is 2.24. The Labute approximate surface area is 87.0 Å². The Balaban J connectivity index is 0. The van der Waals surface area contributed by atoms with Gasteiger partial charge >= 0.3 is 7.12 Å². The maximum atomic E-state index is 8.63. The highest BCUT2D eigenvalue weighted by Crippen LogP contribution is 1.86. The number of aromatic nitrogens is 1. The number of rotatable bonds is 1. The molecule has 1 aromatic rings.